The minimum Gasteiger partial charge on any atom is -0.371 e. The number of anilines is 1. The van der Waals surface area contributed by atoms with Crippen LogP contribution in [0.25, 0.3) is 10.8 Å². The van der Waals surface area contributed by atoms with Gasteiger partial charge >= 0.3 is 0 Å². The first-order valence-electron chi connectivity index (χ1n) is 9.43. The highest BCUT2D eigenvalue weighted by molar-refractivity contribution is 5.98. The Labute approximate surface area is 165 Å². The lowest BCUT2D eigenvalue weighted by Gasteiger charge is -2.20. The maximum atomic E-state index is 12.8. The van der Waals surface area contributed by atoms with Crippen molar-refractivity contribution in [3.8, 4) is 0 Å². The molecule has 0 bridgehead atoms. The van der Waals surface area contributed by atoms with Crippen LogP contribution in [0.5, 0.6) is 0 Å². The standard InChI is InChI=1S/C23H27N3O2/c1-23(2,3)28-15-16-4-6-17(7-5-16)21(13-24)22(27)26-20-9-8-19-14-25-11-10-18(19)12-20/h4-12,14,21H,13,15,24H2,1-3H3,(H,26,27). The number of aromatic nitrogens is 1. The predicted molar refractivity (Wildman–Crippen MR) is 113 cm³/mol. The zero-order chi connectivity index (χ0) is 20.1. The van der Waals surface area contributed by atoms with E-state index in [0.29, 0.717) is 6.61 Å². The molecular formula is C23H27N3O2. The number of nitrogens with zero attached hydrogens (tertiary/aromatic N) is 1. The van der Waals surface area contributed by atoms with Crippen LogP contribution in [0.2, 0.25) is 0 Å². The van der Waals surface area contributed by atoms with E-state index in [1.807, 2.05) is 69.3 Å². The van der Waals surface area contributed by atoms with Gasteiger partial charge in [-0.2, -0.15) is 0 Å². The molecule has 3 aromatic rings. The number of nitrogens with one attached hydrogen (secondary N) is 1. The van der Waals surface area contributed by atoms with Gasteiger partial charge in [0.2, 0.25) is 5.91 Å². The summed E-state index contributed by atoms with van der Waals surface area (Å²) in [5.41, 5.74) is 8.43. The van der Waals surface area contributed by atoms with Gasteiger partial charge in [-0.05, 0) is 55.5 Å². The summed E-state index contributed by atoms with van der Waals surface area (Å²) < 4.78 is 5.80. The number of ether oxygens (including phenoxy) is 1. The van der Waals surface area contributed by atoms with Crippen LogP contribution in [0, 0.1) is 0 Å². The molecule has 5 nitrogen and oxygen atoms in total. The molecule has 0 aliphatic heterocycles. The molecule has 1 heterocycles. The number of nitrogens with two attached hydrogens (primary N) is 1. The minimum absolute atomic E-state index is 0.116. The summed E-state index contributed by atoms with van der Waals surface area (Å²) in [6.07, 6.45) is 3.54. The van der Waals surface area contributed by atoms with Gasteiger partial charge in [-0.15, -0.1) is 0 Å². The lowest BCUT2D eigenvalue weighted by molar-refractivity contribution is -0.117. The summed E-state index contributed by atoms with van der Waals surface area (Å²) in [6, 6.07) is 15.6. The number of benzene rings is 2. The normalized spacial score (nSPS) is 12.7. The van der Waals surface area contributed by atoms with E-state index < -0.39 is 5.92 Å². The number of hydrogen-bond donors (Lipinski definition) is 2. The van der Waals surface area contributed by atoms with Crippen molar-refractivity contribution >= 4 is 22.4 Å². The number of hydrogen-bond acceptors (Lipinski definition) is 4. The number of pyridine rings is 1. The number of amides is 1. The number of fused-ring (bicyclic) bond motifs is 1. The Hall–Kier alpha value is -2.76. The summed E-state index contributed by atoms with van der Waals surface area (Å²) in [5.74, 6) is -0.527. The zero-order valence-electron chi connectivity index (χ0n) is 16.6. The largest absolute Gasteiger partial charge is 0.371 e. The molecule has 28 heavy (non-hydrogen) atoms. The van der Waals surface area contributed by atoms with E-state index in [2.05, 4.69) is 10.3 Å². The molecule has 0 aliphatic carbocycles. The fourth-order valence-electron chi connectivity index (χ4n) is 2.93. The third kappa shape index (κ3) is 5.15. The third-order valence-corrected chi connectivity index (χ3v) is 4.51. The Balaban J connectivity index is 1.70. The Bertz CT molecular complexity index is 946. The molecule has 5 heteroatoms. The monoisotopic (exact) mass is 377 g/mol. The second kappa shape index (κ2) is 8.50. The Morgan fingerprint density at radius 3 is 2.54 bits per heavy atom. The van der Waals surface area contributed by atoms with Crippen LogP contribution in [-0.4, -0.2) is 23.0 Å². The summed E-state index contributed by atoms with van der Waals surface area (Å²) in [7, 11) is 0. The van der Waals surface area contributed by atoms with Crippen LogP contribution in [-0.2, 0) is 16.1 Å². The molecule has 0 spiro atoms. The Kier molecular flexibility index (Phi) is 6.07. The number of rotatable bonds is 6. The van der Waals surface area contributed by atoms with Crippen LogP contribution in [0.3, 0.4) is 0 Å². The molecule has 1 unspecified atom stereocenters. The van der Waals surface area contributed by atoms with Crippen LogP contribution < -0.4 is 11.1 Å². The van der Waals surface area contributed by atoms with Gasteiger partial charge in [0.15, 0.2) is 0 Å². The lowest BCUT2D eigenvalue weighted by Crippen LogP contribution is -2.27. The van der Waals surface area contributed by atoms with Crippen molar-refractivity contribution in [1.29, 1.82) is 0 Å². The van der Waals surface area contributed by atoms with Crippen molar-refractivity contribution in [3.63, 3.8) is 0 Å². The summed E-state index contributed by atoms with van der Waals surface area (Å²) in [6.45, 7) is 6.86. The summed E-state index contributed by atoms with van der Waals surface area (Å²) in [4.78, 5) is 16.9. The van der Waals surface area contributed by atoms with E-state index in [1.165, 1.54) is 0 Å². The average Bonchev–Trinajstić information content (AvgIpc) is 2.67. The molecule has 0 radical (unpaired) electrons. The van der Waals surface area contributed by atoms with Crippen LogP contribution >= 0.6 is 0 Å². The molecule has 3 N–H and O–H groups in total. The maximum Gasteiger partial charge on any atom is 0.233 e. The number of carbonyl (C=O) groups is 1. The molecule has 1 amide bonds. The van der Waals surface area contributed by atoms with Gasteiger partial charge in [0, 0.05) is 30.0 Å². The van der Waals surface area contributed by atoms with Crippen molar-refractivity contribution in [3.05, 3.63) is 72.1 Å². The van der Waals surface area contributed by atoms with Crippen molar-refractivity contribution in [2.45, 2.75) is 38.9 Å². The minimum atomic E-state index is -0.411. The van der Waals surface area contributed by atoms with Gasteiger partial charge < -0.3 is 15.8 Å². The highest BCUT2D eigenvalue weighted by atomic mass is 16.5. The SMILES string of the molecule is CC(C)(C)OCc1ccc(C(CN)C(=O)Nc2ccc3cnccc3c2)cc1. The highest BCUT2D eigenvalue weighted by Crippen LogP contribution is 2.22. The Morgan fingerprint density at radius 1 is 1.11 bits per heavy atom. The van der Waals surface area contributed by atoms with E-state index in [9.17, 15) is 4.79 Å². The molecule has 3 rings (SSSR count). The van der Waals surface area contributed by atoms with Gasteiger partial charge in [0.05, 0.1) is 18.1 Å². The third-order valence-electron chi connectivity index (χ3n) is 4.51. The average molecular weight is 377 g/mol. The predicted octanol–water partition coefficient (Wildman–Crippen LogP) is 4.23. The topological polar surface area (TPSA) is 77.2 Å². The first-order chi connectivity index (χ1) is 13.4. The van der Waals surface area contributed by atoms with Gasteiger partial charge in [0.1, 0.15) is 0 Å². The Morgan fingerprint density at radius 2 is 1.86 bits per heavy atom. The lowest BCUT2D eigenvalue weighted by atomic mass is 9.97. The summed E-state index contributed by atoms with van der Waals surface area (Å²) in [5, 5.41) is 5.04. The maximum absolute atomic E-state index is 12.8. The van der Waals surface area contributed by atoms with Crippen LogP contribution in [0.4, 0.5) is 5.69 Å². The van der Waals surface area contributed by atoms with Crippen LogP contribution in [0.15, 0.2) is 60.9 Å². The van der Waals surface area contributed by atoms with Crippen molar-refractivity contribution in [1.82, 2.24) is 4.98 Å². The number of carbonyl (C=O) groups excluding carboxylic acids is 1. The molecule has 0 aliphatic rings. The first kappa shape index (κ1) is 20.0. The molecule has 2 aromatic carbocycles. The van der Waals surface area contributed by atoms with E-state index >= 15 is 0 Å². The molecular weight excluding hydrogens is 350 g/mol. The van der Waals surface area contributed by atoms with E-state index in [1.54, 1.807) is 12.4 Å². The molecule has 0 fully saturated rings. The summed E-state index contributed by atoms with van der Waals surface area (Å²) >= 11 is 0. The molecule has 1 atom stereocenters. The zero-order valence-corrected chi connectivity index (χ0v) is 16.6. The van der Waals surface area contributed by atoms with Gasteiger partial charge in [-0.25, -0.2) is 0 Å². The quantitative estimate of drug-likeness (QED) is 0.674. The smallest absolute Gasteiger partial charge is 0.233 e. The van der Waals surface area contributed by atoms with Gasteiger partial charge in [-0.1, -0.05) is 30.3 Å². The van der Waals surface area contributed by atoms with E-state index in [0.717, 1.165) is 27.6 Å². The van der Waals surface area contributed by atoms with Crippen molar-refractivity contribution < 1.29 is 9.53 Å². The van der Waals surface area contributed by atoms with E-state index in [4.69, 9.17) is 10.5 Å². The van der Waals surface area contributed by atoms with Crippen LogP contribution in [0.1, 0.15) is 37.8 Å². The van der Waals surface area contributed by atoms with Gasteiger partial charge in [-0.3, -0.25) is 9.78 Å². The molecule has 0 saturated carbocycles. The fourth-order valence-corrected chi connectivity index (χ4v) is 2.93. The van der Waals surface area contributed by atoms with Gasteiger partial charge in [0.25, 0.3) is 0 Å². The fraction of sp³-hybridized carbons (Fsp3) is 0.304. The highest BCUT2D eigenvalue weighted by Gasteiger charge is 2.19. The van der Waals surface area contributed by atoms with Crippen molar-refractivity contribution in [2.24, 2.45) is 5.73 Å². The van der Waals surface area contributed by atoms with E-state index in [-0.39, 0.29) is 18.1 Å². The first-order valence-corrected chi connectivity index (χ1v) is 9.43. The second-order valence-electron chi connectivity index (χ2n) is 7.86. The molecule has 1 aromatic heterocycles. The van der Waals surface area contributed by atoms with Crippen molar-refractivity contribution in [2.75, 3.05) is 11.9 Å². The second-order valence-corrected chi connectivity index (χ2v) is 7.86. The molecule has 0 saturated heterocycles. The molecule has 146 valence electrons.